The molecule has 0 unspecified atom stereocenters. The molecule has 8 rings (SSSR count). The molecule has 4 fully saturated rings. The zero-order valence-corrected chi connectivity index (χ0v) is 24.5. The number of phenolic OH excluding ortho intramolecular Hbond substituents is 1. The van der Waals surface area contributed by atoms with E-state index in [9.17, 15) is 5.11 Å². The van der Waals surface area contributed by atoms with Crippen LogP contribution < -0.4 is 15.0 Å². The van der Waals surface area contributed by atoms with Gasteiger partial charge in [-0.05, 0) is 86.2 Å². The summed E-state index contributed by atoms with van der Waals surface area (Å²) < 4.78 is 38.2. The molecule has 4 saturated heterocycles. The van der Waals surface area contributed by atoms with Gasteiger partial charge >= 0.3 is 6.01 Å². The highest BCUT2D eigenvalue weighted by Gasteiger charge is 2.47. The van der Waals surface area contributed by atoms with E-state index in [0.717, 1.165) is 58.3 Å². The maximum absolute atomic E-state index is 16.7. The van der Waals surface area contributed by atoms with Gasteiger partial charge < -0.3 is 20.1 Å². The van der Waals surface area contributed by atoms with Gasteiger partial charge in [-0.2, -0.15) is 9.97 Å². The van der Waals surface area contributed by atoms with E-state index in [-0.39, 0.29) is 39.3 Å². The van der Waals surface area contributed by atoms with E-state index in [2.05, 4.69) is 27.0 Å². The van der Waals surface area contributed by atoms with Crippen molar-refractivity contribution in [2.45, 2.75) is 63.1 Å². The Balaban J connectivity index is 1.25. The summed E-state index contributed by atoms with van der Waals surface area (Å²) in [4.78, 5) is 14.4. The van der Waals surface area contributed by atoms with Gasteiger partial charge in [-0.3, -0.25) is 4.90 Å². The summed E-state index contributed by atoms with van der Waals surface area (Å²) in [6.45, 7) is 6.49. The third kappa shape index (κ3) is 4.59. The molecule has 0 saturated carbocycles. The molecule has 0 spiro atoms. The van der Waals surface area contributed by atoms with Gasteiger partial charge in [-0.1, -0.05) is 25.1 Å². The van der Waals surface area contributed by atoms with E-state index in [1.54, 1.807) is 18.2 Å². The average molecular weight is 586 g/mol. The number of aromatic nitrogens is 2. The Morgan fingerprint density at radius 2 is 1.91 bits per heavy atom. The van der Waals surface area contributed by atoms with Crippen molar-refractivity contribution in [3.05, 3.63) is 54.1 Å². The first-order chi connectivity index (χ1) is 20.9. The summed E-state index contributed by atoms with van der Waals surface area (Å²) in [6, 6.07) is 12.1. The molecule has 43 heavy (non-hydrogen) atoms. The molecule has 0 radical (unpaired) electrons. The number of hydrogen-bond acceptors (Lipinski definition) is 7. The number of nitrogens with zero attached hydrogens (tertiary/aromatic N) is 4. The molecular weight excluding hydrogens is 548 g/mol. The molecule has 2 bridgehead atoms. The summed E-state index contributed by atoms with van der Waals surface area (Å²) in [5.74, 6) is 0.170. The van der Waals surface area contributed by atoms with E-state index >= 15 is 8.78 Å². The third-order valence-electron chi connectivity index (χ3n) is 10.3. The van der Waals surface area contributed by atoms with Crippen LogP contribution in [0.5, 0.6) is 11.8 Å². The van der Waals surface area contributed by atoms with E-state index < -0.39 is 11.6 Å². The topological polar surface area (TPSA) is 73.8 Å². The van der Waals surface area contributed by atoms with Crippen LogP contribution in [0.15, 0.2) is 42.5 Å². The molecule has 2 N–H and O–H groups in total. The lowest BCUT2D eigenvalue weighted by molar-refractivity contribution is 0.107. The standard InChI is InChI=1S/C34H37F2N5O2/c1-20-16-34(11-3-12-41(34)17-20)19-43-33-38-31-26(32(39-33)40-13-10-22-6-7-23(18-40)37-22)9-8-25(30(31)36)27-15-24(42)14-21-4-2-5-28(35)29(21)27/h2,4-5,8-9,14-15,20,22-23,37,42H,3,6-7,10-13,16-19H2,1H3/t20-,22+,23-,34+/m1/s1. The number of ether oxygens (including phenoxy) is 1. The first kappa shape index (κ1) is 27.0. The quantitative estimate of drug-likeness (QED) is 0.297. The molecule has 1 aromatic heterocycles. The van der Waals surface area contributed by atoms with Crippen molar-refractivity contribution in [1.29, 1.82) is 0 Å². The van der Waals surface area contributed by atoms with E-state index in [0.29, 0.717) is 41.2 Å². The molecule has 4 aliphatic rings. The molecule has 224 valence electrons. The molecule has 4 aliphatic heterocycles. The highest BCUT2D eigenvalue weighted by Crippen LogP contribution is 2.43. The van der Waals surface area contributed by atoms with Gasteiger partial charge in [0.1, 0.15) is 29.5 Å². The number of hydrogen-bond donors (Lipinski definition) is 2. The monoisotopic (exact) mass is 585 g/mol. The lowest BCUT2D eigenvalue weighted by atomic mass is 9.92. The summed E-state index contributed by atoms with van der Waals surface area (Å²) in [5, 5.41) is 15.5. The SMILES string of the molecule is C[C@H]1CN2CCC[C@@]2(COc2nc(N3CC[C@@H]4CC[C@H](C3)N4)c3ccc(-c4cc(O)cc5cccc(F)c45)c(F)c3n2)C1. The second kappa shape index (κ2) is 10.3. The van der Waals surface area contributed by atoms with Crippen LogP contribution in [-0.4, -0.2) is 70.4 Å². The molecule has 4 aromatic rings. The van der Waals surface area contributed by atoms with Crippen molar-refractivity contribution >= 4 is 27.5 Å². The maximum atomic E-state index is 16.7. The Labute approximate surface area is 249 Å². The van der Waals surface area contributed by atoms with Gasteiger partial charge in [0.05, 0.1) is 5.54 Å². The van der Waals surface area contributed by atoms with Crippen LogP contribution in [-0.2, 0) is 0 Å². The third-order valence-corrected chi connectivity index (χ3v) is 10.3. The van der Waals surface area contributed by atoms with Crippen LogP contribution in [0.3, 0.4) is 0 Å². The Morgan fingerprint density at radius 3 is 2.81 bits per heavy atom. The lowest BCUT2D eigenvalue weighted by Crippen LogP contribution is -2.43. The fourth-order valence-electron chi connectivity index (χ4n) is 8.37. The number of fused-ring (bicyclic) bond motifs is 5. The van der Waals surface area contributed by atoms with Crippen molar-refractivity contribution in [3.63, 3.8) is 0 Å². The first-order valence-electron chi connectivity index (χ1n) is 15.7. The number of nitrogens with one attached hydrogen (secondary N) is 1. The number of phenols is 1. The summed E-state index contributed by atoms with van der Waals surface area (Å²) >= 11 is 0. The van der Waals surface area contributed by atoms with Crippen LogP contribution in [0.25, 0.3) is 32.8 Å². The molecule has 0 amide bonds. The number of rotatable bonds is 5. The average Bonchev–Trinajstić information content (AvgIpc) is 3.62. The Kier molecular flexibility index (Phi) is 6.45. The Hall–Kier alpha value is -3.56. The number of anilines is 1. The fraction of sp³-hybridized carbons (Fsp3) is 0.471. The van der Waals surface area contributed by atoms with Crippen LogP contribution in [0.4, 0.5) is 14.6 Å². The molecule has 5 heterocycles. The predicted molar refractivity (Wildman–Crippen MR) is 164 cm³/mol. The van der Waals surface area contributed by atoms with Crippen LogP contribution in [0.2, 0.25) is 0 Å². The zero-order chi connectivity index (χ0) is 29.3. The van der Waals surface area contributed by atoms with Crippen LogP contribution in [0, 0.1) is 17.6 Å². The highest BCUT2D eigenvalue weighted by atomic mass is 19.1. The summed E-state index contributed by atoms with van der Waals surface area (Å²) in [7, 11) is 0. The zero-order valence-electron chi connectivity index (χ0n) is 24.5. The number of aromatic hydroxyl groups is 1. The van der Waals surface area contributed by atoms with E-state index in [1.807, 2.05) is 6.07 Å². The van der Waals surface area contributed by atoms with Crippen LogP contribution in [0.1, 0.15) is 45.4 Å². The van der Waals surface area contributed by atoms with Crippen molar-refractivity contribution in [1.82, 2.24) is 20.2 Å². The van der Waals surface area contributed by atoms with Crippen molar-refractivity contribution < 1.29 is 18.6 Å². The molecular formula is C34H37F2N5O2. The summed E-state index contributed by atoms with van der Waals surface area (Å²) in [6.07, 6.45) is 6.58. The fourth-order valence-corrected chi connectivity index (χ4v) is 8.37. The maximum Gasteiger partial charge on any atom is 0.319 e. The van der Waals surface area contributed by atoms with Crippen molar-refractivity contribution in [2.75, 3.05) is 37.7 Å². The second-order valence-electron chi connectivity index (χ2n) is 13.2. The minimum absolute atomic E-state index is 0.0258. The normalized spacial score (nSPS) is 27.2. The van der Waals surface area contributed by atoms with Crippen molar-refractivity contribution in [2.24, 2.45) is 5.92 Å². The molecule has 9 heteroatoms. The highest BCUT2D eigenvalue weighted by molar-refractivity contribution is 6.01. The van der Waals surface area contributed by atoms with Gasteiger partial charge in [0.15, 0.2) is 5.82 Å². The molecule has 3 aromatic carbocycles. The Morgan fingerprint density at radius 1 is 1.02 bits per heavy atom. The number of halogens is 2. The lowest BCUT2D eigenvalue weighted by Gasteiger charge is -2.31. The molecule has 4 atom stereocenters. The number of benzene rings is 3. The Bertz CT molecular complexity index is 1730. The van der Waals surface area contributed by atoms with Gasteiger partial charge in [0.25, 0.3) is 0 Å². The smallest absolute Gasteiger partial charge is 0.319 e. The molecule has 7 nitrogen and oxygen atoms in total. The van der Waals surface area contributed by atoms with Crippen LogP contribution >= 0.6 is 0 Å². The van der Waals surface area contributed by atoms with Crippen molar-refractivity contribution in [3.8, 4) is 22.9 Å². The van der Waals surface area contributed by atoms with Gasteiger partial charge in [-0.15, -0.1) is 0 Å². The van der Waals surface area contributed by atoms with E-state index in [1.165, 1.54) is 24.6 Å². The predicted octanol–water partition coefficient (Wildman–Crippen LogP) is 6.02. The minimum Gasteiger partial charge on any atom is -0.508 e. The first-order valence-corrected chi connectivity index (χ1v) is 15.7. The minimum atomic E-state index is -0.578. The second-order valence-corrected chi connectivity index (χ2v) is 13.2. The largest absolute Gasteiger partial charge is 0.508 e. The van der Waals surface area contributed by atoms with Gasteiger partial charge in [-0.25, -0.2) is 8.78 Å². The summed E-state index contributed by atoms with van der Waals surface area (Å²) in [5.41, 5.74) is 0.582. The van der Waals surface area contributed by atoms with Gasteiger partial charge in [0.2, 0.25) is 0 Å². The van der Waals surface area contributed by atoms with Gasteiger partial charge in [0, 0.05) is 48.1 Å². The van der Waals surface area contributed by atoms with E-state index in [4.69, 9.17) is 9.72 Å². The molecule has 0 aliphatic carbocycles.